The number of morpholine rings is 1. The summed E-state index contributed by atoms with van der Waals surface area (Å²) >= 11 is 1.56. The number of carbonyl (C=O) groups excluding carboxylic acids is 2. The van der Waals surface area contributed by atoms with Crippen molar-refractivity contribution in [3.63, 3.8) is 0 Å². The van der Waals surface area contributed by atoms with E-state index in [1.807, 2.05) is 29.2 Å². The average molecular weight is 413 g/mol. The van der Waals surface area contributed by atoms with Gasteiger partial charge in [-0.3, -0.25) is 9.59 Å². The first-order valence-electron chi connectivity index (χ1n) is 10.3. The van der Waals surface area contributed by atoms with Gasteiger partial charge < -0.3 is 19.7 Å². The van der Waals surface area contributed by atoms with Gasteiger partial charge in [0, 0.05) is 24.4 Å². The molecule has 29 heavy (non-hydrogen) atoms. The second-order valence-electron chi connectivity index (χ2n) is 7.73. The van der Waals surface area contributed by atoms with Gasteiger partial charge in [-0.1, -0.05) is 18.2 Å². The molecule has 1 aromatic carbocycles. The van der Waals surface area contributed by atoms with Gasteiger partial charge >= 0.3 is 0 Å². The lowest BCUT2D eigenvalue weighted by Crippen LogP contribution is -2.41. The Hall–Kier alpha value is -2.38. The largest absolute Gasteiger partial charge is 0.480 e. The number of fused-ring (bicyclic) bond motifs is 2. The van der Waals surface area contributed by atoms with Gasteiger partial charge in [-0.2, -0.15) is 0 Å². The molecule has 0 radical (unpaired) electrons. The van der Waals surface area contributed by atoms with E-state index in [0.717, 1.165) is 42.6 Å². The molecule has 3 heterocycles. The molecule has 1 atom stereocenters. The van der Waals surface area contributed by atoms with Crippen molar-refractivity contribution in [1.29, 1.82) is 0 Å². The van der Waals surface area contributed by atoms with Gasteiger partial charge in [0.1, 0.15) is 10.8 Å². The molecule has 1 aromatic heterocycles. The third-order valence-electron chi connectivity index (χ3n) is 5.86. The topological polar surface area (TPSA) is 67.9 Å². The lowest BCUT2D eigenvalue weighted by Gasteiger charge is -2.27. The fourth-order valence-electron chi connectivity index (χ4n) is 4.33. The predicted molar refractivity (Wildman–Crippen MR) is 111 cm³/mol. The van der Waals surface area contributed by atoms with Crippen molar-refractivity contribution in [3.8, 4) is 5.75 Å². The van der Waals surface area contributed by atoms with Crippen LogP contribution in [0, 0.1) is 0 Å². The van der Waals surface area contributed by atoms with Crippen molar-refractivity contribution in [1.82, 2.24) is 4.90 Å². The van der Waals surface area contributed by atoms with Gasteiger partial charge in [-0.15, -0.1) is 11.3 Å². The number of amides is 2. The van der Waals surface area contributed by atoms with Crippen molar-refractivity contribution in [2.75, 3.05) is 31.6 Å². The van der Waals surface area contributed by atoms with Crippen molar-refractivity contribution >= 4 is 28.2 Å². The molecule has 5 rings (SSSR count). The highest BCUT2D eigenvalue weighted by atomic mass is 32.1. The Kier molecular flexibility index (Phi) is 5.01. The molecule has 0 unspecified atom stereocenters. The number of nitrogens with zero attached hydrogens (tertiary/aromatic N) is 1. The minimum atomic E-state index is -0.558. The molecule has 152 valence electrons. The fourth-order valence-corrected chi connectivity index (χ4v) is 5.61. The summed E-state index contributed by atoms with van der Waals surface area (Å²) in [4.78, 5) is 29.4. The molecule has 1 saturated heterocycles. The zero-order valence-corrected chi connectivity index (χ0v) is 17.1. The molecular weight excluding hydrogens is 388 g/mol. The number of benzene rings is 1. The Balaban J connectivity index is 1.40. The monoisotopic (exact) mass is 412 g/mol. The van der Waals surface area contributed by atoms with E-state index in [2.05, 4.69) is 5.32 Å². The van der Waals surface area contributed by atoms with E-state index in [-0.39, 0.29) is 11.8 Å². The summed E-state index contributed by atoms with van der Waals surface area (Å²) in [5.74, 6) is 0.595. The number of rotatable bonds is 3. The molecule has 0 bridgehead atoms. The summed E-state index contributed by atoms with van der Waals surface area (Å²) in [5, 5.41) is 3.72. The molecule has 1 aliphatic carbocycles. The highest BCUT2D eigenvalue weighted by molar-refractivity contribution is 7.17. The van der Waals surface area contributed by atoms with Crippen LogP contribution in [0.1, 0.15) is 39.2 Å². The minimum absolute atomic E-state index is 0.0126. The van der Waals surface area contributed by atoms with Gasteiger partial charge in [-0.25, -0.2) is 0 Å². The van der Waals surface area contributed by atoms with Crippen LogP contribution in [0.25, 0.3) is 0 Å². The zero-order valence-electron chi connectivity index (χ0n) is 16.2. The minimum Gasteiger partial charge on any atom is -0.480 e. The van der Waals surface area contributed by atoms with Gasteiger partial charge in [-0.05, 0) is 42.9 Å². The first kappa shape index (κ1) is 18.6. The first-order chi connectivity index (χ1) is 14.2. The number of nitrogens with one attached hydrogen (secondary N) is 1. The Bertz CT molecular complexity index is 923. The number of thiophene rings is 1. The molecule has 6 nitrogen and oxygen atoms in total. The second kappa shape index (κ2) is 7.80. The van der Waals surface area contributed by atoms with E-state index >= 15 is 0 Å². The molecule has 2 aromatic rings. The van der Waals surface area contributed by atoms with E-state index in [0.29, 0.717) is 43.3 Å². The number of hydrogen-bond donors (Lipinski definition) is 1. The van der Waals surface area contributed by atoms with E-state index in [4.69, 9.17) is 9.47 Å². The summed E-state index contributed by atoms with van der Waals surface area (Å²) in [6, 6.07) is 7.74. The van der Waals surface area contributed by atoms with Crippen LogP contribution in [0.15, 0.2) is 24.3 Å². The number of aryl methyl sites for hydroxylation is 1. The molecule has 2 amide bonds. The van der Waals surface area contributed by atoms with Crippen LogP contribution in [0.2, 0.25) is 0 Å². The van der Waals surface area contributed by atoms with E-state index in [1.54, 1.807) is 11.3 Å². The van der Waals surface area contributed by atoms with Crippen LogP contribution in [-0.2, 0) is 28.8 Å². The van der Waals surface area contributed by atoms with Crippen molar-refractivity contribution in [2.45, 2.75) is 38.2 Å². The Morgan fingerprint density at radius 2 is 1.90 bits per heavy atom. The van der Waals surface area contributed by atoms with Crippen LogP contribution >= 0.6 is 11.3 Å². The Labute approximate surface area is 173 Å². The highest BCUT2D eigenvalue weighted by Gasteiger charge is 2.33. The Morgan fingerprint density at radius 1 is 1.10 bits per heavy atom. The van der Waals surface area contributed by atoms with Crippen LogP contribution in [0.3, 0.4) is 0 Å². The lowest BCUT2D eigenvalue weighted by atomic mass is 9.95. The van der Waals surface area contributed by atoms with E-state index in [1.165, 1.54) is 4.88 Å². The summed E-state index contributed by atoms with van der Waals surface area (Å²) in [7, 11) is 0. The van der Waals surface area contributed by atoms with Crippen molar-refractivity contribution < 1.29 is 19.1 Å². The number of para-hydroxylation sites is 1. The SMILES string of the molecule is O=C(Nc1sc2c(c1C(=O)N1CCOCC1)CCCC2)[C@@H]1Cc2ccccc2O1. The zero-order chi connectivity index (χ0) is 19.8. The van der Waals surface area contributed by atoms with Gasteiger partial charge in [0.25, 0.3) is 11.8 Å². The van der Waals surface area contributed by atoms with E-state index < -0.39 is 6.10 Å². The molecule has 0 spiro atoms. The summed E-state index contributed by atoms with van der Waals surface area (Å²) in [6.45, 7) is 2.32. The van der Waals surface area contributed by atoms with Gasteiger partial charge in [0.2, 0.25) is 0 Å². The highest BCUT2D eigenvalue weighted by Crippen LogP contribution is 2.39. The number of carbonyl (C=O) groups is 2. The number of ether oxygens (including phenoxy) is 2. The van der Waals surface area contributed by atoms with Crippen molar-refractivity contribution in [2.24, 2.45) is 0 Å². The molecule has 2 aliphatic heterocycles. The third kappa shape index (κ3) is 3.53. The first-order valence-corrected chi connectivity index (χ1v) is 11.1. The normalized spacial score (nSPS) is 20.6. The molecule has 0 saturated carbocycles. The molecular formula is C22H24N2O4S. The van der Waals surface area contributed by atoms with E-state index in [9.17, 15) is 9.59 Å². The second-order valence-corrected chi connectivity index (χ2v) is 8.83. The van der Waals surface area contributed by atoms with Crippen LogP contribution in [0.5, 0.6) is 5.75 Å². The van der Waals surface area contributed by atoms with Crippen LogP contribution in [0.4, 0.5) is 5.00 Å². The maximum atomic E-state index is 13.3. The summed E-state index contributed by atoms with van der Waals surface area (Å²) in [6.07, 6.45) is 4.09. The number of hydrogen-bond acceptors (Lipinski definition) is 5. The average Bonchev–Trinajstić information content (AvgIpc) is 3.35. The van der Waals surface area contributed by atoms with Crippen LogP contribution < -0.4 is 10.1 Å². The van der Waals surface area contributed by atoms with Gasteiger partial charge in [0.15, 0.2) is 6.10 Å². The van der Waals surface area contributed by atoms with Gasteiger partial charge in [0.05, 0.1) is 18.8 Å². The smallest absolute Gasteiger partial charge is 0.266 e. The molecule has 7 heteroatoms. The predicted octanol–water partition coefficient (Wildman–Crippen LogP) is 3.04. The van der Waals surface area contributed by atoms with Crippen LogP contribution in [-0.4, -0.2) is 49.1 Å². The fraction of sp³-hybridized carbons (Fsp3) is 0.455. The summed E-state index contributed by atoms with van der Waals surface area (Å²) < 4.78 is 11.2. The number of anilines is 1. The Morgan fingerprint density at radius 3 is 2.72 bits per heavy atom. The molecule has 1 N–H and O–H groups in total. The maximum absolute atomic E-state index is 13.3. The molecule has 3 aliphatic rings. The molecule has 1 fully saturated rings. The lowest BCUT2D eigenvalue weighted by molar-refractivity contribution is -0.122. The standard InChI is InChI=1S/C22H24N2O4S/c25-20(17-13-14-5-1-3-7-16(14)28-17)23-21-19(15-6-2-4-8-18(15)29-21)22(26)24-9-11-27-12-10-24/h1,3,5,7,17H,2,4,6,8-13H2,(H,23,25)/t17-/m0/s1. The quantitative estimate of drug-likeness (QED) is 0.842. The third-order valence-corrected chi connectivity index (χ3v) is 7.07. The maximum Gasteiger partial charge on any atom is 0.266 e. The summed E-state index contributed by atoms with van der Waals surface area (Å²) in [5.41, 5.74) is 2.86. The van der Waals surface area contributed by atoms with Crippen molar-refractivity contribution in [3.05, 3.63) is 45.8 Å².